The number of carbonyl (C=O) groups is 2. The summed E-state index contributed by atoms with van der Waals surface area (Å²) in [5, 5.41) is 6.67. The predicted molar refractivity (Wildman–Crippen MR) is 123 cm³/mol. The molecule has 0 saturated carbocycles. The summed E-state index contributed by atoms with van der Waals surface area (Å²) in [6.07, 6.45) is 0. The normalized spacial score (nSPS) is 16.1. The molecule has 1 aliphatic heterocycles. The molecule has 2 amide bonds. The lowest BCUT2D eigenvalue weighted by molar-refractivity contribution is -0.115. The minimum Gasteiger partial charge on any atom is -0.366 e. The van der Waals surface area contributed by atoms with Crippen LogP contribution in [0.5, 0.6) is 0 Å². The number of nitrogens with two attached hydrogens (primary N) is 1. The fourth-order valence-electron chi connectivity index (χ4n) is 3.35. The van der Waals surface area contributed by atoms with Crippen molar-refractivity contribution in [1.82, 2.24) is 5.32 Å². The van der Waals surface area contributed by atoms with Crippen LogP contribution in [0.25, 0.3) is 0 Å². The Kier molecular flexibility index (Phi) is 6.95. The molecule has 2 aromatic rings. The van der Waals surface area contributed by atoms with Crippen LogP contribution in [0.4, 0.5) is 5.69 Å². The van der Waals surface area contributed by atoms with Crippen molar-refractivity contribution < 1.29 is 9.59 Å². The summed E-state index contributed by atoms with van der Waals surface area (Å²) < 4.78 is 0. The molecule has 1 aliphatic rings. The Hall–Kier alpha value is -3.06. The van der Waals surface area contributed by atoms with Gasteiger partial charge in [0.05, 0.1) is 11.3 Å². The summed E-state index contributed by atoms with van der Waals surface area (Å²) in [6.45, 7) is 5.98. The van der Waals surface area contributed by atoms with Crippen LogP contribution < -0.4 is 16.4 Å². The number of nitrogens with zero attached hydrogens (tertiary/aromatic N) is 1. The van der Waals surface area contributed by atoms with Crippen molar-refractivity contribution in [3.8, 4) is 0 Å². The van der Waals surface area contributed by atoms with Crippen molar-refractivity contribution in [1.29, 1.82) is 0 Å². The molecule has 6 nitrogen and oxygen atoms in total. The average Bonchev–Trinajstić information content (AvgIpc) is 2.72. The average molecular weight is 423 g/mol. The van der Waals surface area contributed by atoms with Gasteiger partial charge in [-0.25, -0.2) is 4.99 Å². The Bertz CT molecular complexity index is 999. The first-order valence-electron chi connectivity index (χ1n) is 9.78. The number of allylic oxidation sites excluding steroid dienone is 1. The van der Waals surface area contributed by atoms with Crippen LogP contribution in [-0.4, -0.2) is 22.7 Å². The third kappa shape index (κ3) is 5.10. The van der Waals surface area contributed by atoms with E-state index in [9.17, 15) is 9.59 Å². The number of carbonyl (C=O) groups excluding carboxylic acids is 2. The van der Waals surface area contributed by atoms with E-state index in [1.165, 1.54) is 11.8 Å². The van der Waals surface area contributed by atoms with Gasteiger partial charge in [0.15, 0.2) is 5.17 Å². The lowest BCUT2D eigenvalue weighted by Gasteiger charge is -2.25. The minimum atomic E-state index is -0.510. The molecule has 30 heavy (non-hydrogen) atoms. The van der Waals surface area contributed by atoms with Gasteiger partial charge in [-0.2, -0.15) is 0 Å². The topological polar surface area (TPSA) is 96.6 Å². The molecule has 7 heteroatoms. The zero-order chi connectivity index (χ0) is 21.7. The van der Waals surface area contributed by atoms with E-state index in [1.54, 1.807) is 6.92 Å². The number of hydrogen-bond donors (Lipinski definition) is 3. The number of anilines is 1. The van der Waals surface area contributed by atoms with Crippen molar-refractivity contribution in [2.75, 3.05) is 11.1 Å². The molecule has 1 unspecified atom stereocenters. The predicted octanol–water partition coefficient (Wildman–Crippen LogP) is 3.94. The first kappa shape index (κ1) is 21.6. The van der Waals surface area contributed by atoms with E-state index in [0.717, 1.165) is 16.8 Å². The van der Waals surface area contributed by atoms with Crippen molar-refractivity contribution >= 4 is 34.4 Å². The molecule has 156 valence electrons. The van der Waals surface area contributed by atoms with Crippen molar-refractivity contribution in [3.63, 3.8) is 0 Å². The number of amidine groups is 1. The first-order chi connectivity index (χ1) is 14.4. The lowest BCUT2D eigenvalue weighted by atomic mass is 9.96. The van der Waals surface area contributed by atoms with Crippen molar-refractivity contribution in [3.05, 3.63) is 77.0 Å². The summed E-state index contributed by atoms with van der Waals surface area (Å²) in [6, 6.07) is 16.8. The van der Waals surface area contributed by atoms with Gasteiger partial charge in [-0.05, 0) is 30.0 Å². The zero-order valence-corrected chi connectivity index (χ0v) is 18.1. The Morgan fingerprint density at radius 3 is 2.47 bits per heavy atom. The molecule has 1 heterocycles. The van der Waals surface area contributed by atoms with Gasteiger partial charge in [-0.1, -0.05) is 74.1 Å². The van der Waals surface area contributed by atoms with Crippen LogP contribution in [0.3, 0.4) is 0 Å². The number of aliphatic imine (C=N–C) groups is 1. The number of primary amides is 1. The summed E-state index contributed by atoms with van der Waals surface area (Å²) in [7, 11) is 0. The van der Waals surface area contributed by atoms with Gasteiger partial charge in [0.2, 0.25) is 11.8 Å². The molecule has 0 fully saturated rings. The summed E-state index contributed by atoms with van der Waals surface area (Å²) >= 11 is 1.30. The Morgan fingerprint density at radius 2 is 1.80 bits per heavy atom. The van der Waals surface area contributed by atoms with Crippen LogP contribution in [0, 0.1) is 0 Å². The quantitative estimate of drug-likeness (QED) is 0.657. The maximum atomic E-state index is 12.5. The lowest BCUT2D eigenvalue weighted by Crippen LogP contribution is -2.33. The molecule has 0 spiro atoms. The van der Waals surface area contributed by atoms with Crippen molar-refractivity contribution in [2.45, 2.75) is 32.7 Å². The number of nitrogens with one attached hydrogen (secondary N) is 2. The largest absolute Gasteiger partial charge is 0.366 e. The fourth-order valence-corrected chi connectivity index (χ4v) is 4.10. The molecule has 3 rings (SSSR count). The van der Waals surface area contributed by atoms with Gasteiger partial charge in [-0.3, -0.25) is 9.59 Å². The van der Waals surface area contributed by atoms with E-state index < -0.39 is 11.9 Å². The second kappa shape index (κ2) is 9.63. The van der Waals surface area contributed by atoms with Crippen LogP contribution in [0.1, 0.15) is 43.9 Å². The van der Waals surface area contributed by atoms with Crippen molar-refractivity contribution in [2.24, 2.45) is 10.7 Å². The van der Waals surface area contributed by atoms with Crippen LogP contribution in [0.2, 0.25) is 0 Å². The second-order valence-corrected chi connectivity index (χ2v) is 8.32. The smallest absolute Gasteiger partial charge is 0.248 e. The highest BCUT2D eigenvalue weighted by molar-refractivity contribution is 8.14. The maximum absolute atomic E-state index is 12.5. The maximum Gasteiger partial charge on any atom is 0.248 e. The van der Waals surface area contributed by atoms with Gasteiger partial charge in [0, 0.05) is 11.4 Å². The van der Waals surface area contributed by atoms with E-state index in [2.05, 4.69) is 29.5 Å². The minimum absolute atomic E-state index is 0.115. The molecule has 4 N–H and O–H groups in total. The zero-order valence-electron chi connectivity index (χ0n) is 17.3. The molecule has 0 saturated heterocycles. The van der Waals surface area contributed by atoms with Gasteiger partial charge in [0.25, 0.3) is 0 Å². The van der Waals surface area contributed by atoms with Gasteiger partial charge in [0.1, 0.15) is 6.04 Å². The van der Waals surface area contributed by atoms with Gasteiger partial charge < -0.3 is 16.4 Å². The number of amides is 2. The molecule has 1 atom stereocenters. The van der Waals surface area contributed by atoms with E-state index in [1.807, 2.05) is 54.6 Å². The standard InChI is InChI=1S/C23H26N4O2S/c1-14(2)17-11-7-8-12-18(17)26-19(28)13-30-23-25-15(3)20(22(24)29)21(27-23)16-9-5-4-6-10-16/h4-12,14,21H,13H2,1-3H3,(H2,24,29)(H,25,27)(H,26,28). The molecule has 0 radical (unpaired) electrons. The van der Waals surface area contributed by atoms with Crippen LogP contribution >= 0.6 is 11.8 Å². The molecule has 0 bridgehead atoms. The number of benzene rings is 2. The van der Waals surface area contributed by atoms with E-state index >= 15 is 0 Å². The molecule has 2 aromatic carbocycles. The number of rotatable bonds is 6. The Labute approximate surface area is 181 Å². The van der Waals surface area contributed by atoms with E-state index in [4.69, 9.17) is 5.73 Å². The Balaban J connectivity index is 1.72. The molecular formula is C23H26N4O2S. The monoisotopic (exact) mass is 422 g/mol. The second-order valence-electron chi connectivity index (χ2n) is 7.35. The molecule has 0 aromatic heterocycles. The highest BCUT2D eigenvalue weighted by atomic mass is 32.2. The SMILES string of the molecule is CC1=C(C(N)=O)C(c2ccccc2)N=C(SCC(=O)Nc2ccccc2C(C)C)N1. The van der Waals surface area contributed by atoms with E-state index in [0.29, 0.717) is 22.4 Å². The number of para-hydroxylation sites is 1. The van der Waals surface area contributed by atoms with Crippen LogP contribution in [-0.2, 0) is 9.59 Å². The number of hydrogen-bond acceptors (Lipinski definition) is 5. The number of thioether (sulfide) groups is 1. The van der Waals surface area contributed by atoms with E-state index in [-0.39, 0.29) is 11.7 Å². The summed E-state index contributed by atoms with van der Waals surface area (Å²) in [5.41, 5.74) is 9.48. The van der Waals surface area contributed by atoms with Gasteiger partial charge >= 0.3 is 0 Å². The Morgan fingerprint density at radius 1 is 1.13 bits per heavy atom. The first-order valence-corrected chi connectivity index (χ1v) is 10.8. The summed E-state index contributed by atoms with van der Waals surface area (Å²) in [5.74, 6) is -0.120. The van der Waals surface area contributed by atoms with Crippen LogP contribution in [0.15, 0.2) is 70.9 Å². The molecule has 0 aliphatic carbocycles. The summed E-state index contributed by atoms with van der Waals surface area (Å²) in [4.78, 5) is 29.2. The fraction of sp³-hybridized carbons (Fsp3) is 0.261. The van der Waals surface area contributed by atoms with Gasteiger partial charge in [-0.15, -0.1) is 0 Å². The third-order valence-corrected chi connectivity index (χ3v) is 5.68. The highest BCUT2D eigenvalue weighted by Gasteiger charge is 2.28. The highest BCUT2D eigenvalue weighted by Crippen LogP contribution is 2.32. The third-order valence-electron chi connectivity index (χ3n) is 4.80. The molecular weight excluding hydrogens is 396 g/mol.